The molecule has 0 heterocycles. The molecule has 0 saturated carbocycles. The fourth-order valence-corrected chi connectivity index (χ4v) is 1.62. The van der Waals surface area contributed by atoms with Gasteiger partial charge in [0.1, 0.15) is 0 Å². The fourth-order valence-electron chi connectivity index (χ4n) is 1.62. The van der Waals surface area contributed by atoms with Crippen LogP contribution in [-0.4, -0.2) is 25.0 Å². The molecule has 0 unspecified atom stereocenters. The molecule has 0 radical (unpaired) electrons. The summed E-state index contributed by atoms with van der Waals surface area (Å²) in [5.41, 5.74) is 8.27. The Labute approximate surface area is 93.1 Å². The number of hydrogen-bond acceptors (Lipinski definition) is 2. The van der Waals surface area contributed by atoms with E-state index in [-0.39, 0.29) is 0 Å². The molecule has 2 nitrogen and oxygen atoms in total. The molecular formula is C13H22N2. The maximum Gasteiger partial charge on any atom is 0.0231 e. The molecule has 84 valence electrons. The van der Waals surface area contributed by atoms with Gasteiger partial charge < -0.3 is 10.6 Å². The highest BCUT2D eigenvalue weighted by molar-refractivity contribution is 5.24. The van der Waals surface area contributed by atoms with E-state index in [0.717, 1.165) is 19.6 Å². The van der Waals surface area contributed by atoms with Crippen LogP contribution in [0.4, 0.5) is 0 Å². The van der Waals surface area contributed by atoms with Crippen molar-refractivity contribution in [2.75, 3.05) is 20.1 Å². The molecule has 0 bridgehead atoms. The fraction of sp³-hybridized carbons (Fsp3) is 0.538. The molecule has 0 saturated heterocycles. The van der Waals surface area contributed by atoms with Gasteiger partial charge in [0.2, 0.25) is 0 Å². The average Bonchev–Trinajstić information content (AvgIpc) is 2.18. The van der Waals surface area contributed by atoms with E-state index in [1.807, 2.05) is 0 Å². The number of nitrogens with zero attached hydrogens (tertiary/aromatic N) is 1. The van der Waals surface area contributed by atoms with Crippen molar-refractivity contribution in [1.29, 1.82) is 0 Å². The Balaban J connectivity index is 2.56. The Hall–Kier alpha value is -0.860. The SMILES string of the molecule is CC(C)c1ccc(CN(C)CCN)cc1. The quantitative estimate of drug-likeness (QED) is 0.800. The summed E-state index contributed by atoms with van der Waals surface area (Å²) < 4.78 is 0. The molecule has 2 N–H and O–H groups in total. The minimum Gasteiger partial charge on any atom is -0.329 e. The van der Waals surface area contributed by atoms with Crippen LogP contribution in [0, 0.1) is 0 Å². The third-order valence-corrected chi connectivity index (χ3v) is 2.61. The molecule has 1 aromatic rings. The number of nitrogens with two attached hydrogens (primary N) is 1. The lowest BCUT2D eigenvalue weighted by molar-refractivity contribution is 0.336. The molecule has 15 heavy (non-hydrogen) atoms. The van der Waals surface area contributed by atoms with Gasteiger partial charge in [-0.15, -0.1) is 0 Å². The van der Waals surface area contributed by atoms with Crippen LogP contribution in [0.25, 0.3) is 0 Å². The lowest BCUT2D eigenvalue weighted by Gasteiger charge is -2.15. The minimum atomic E-state index is 0.612. The lowest BCUT2D eigenvalue weighted by Crippen LogP contribution is -2.24. The van der Waals surface area contributed by atoms with Crippen LogP contribution < -0.4 is 5.73 Å². The Morgan fingerprint density at radius 2 is 1.80 bits per heavy atom. The van der Waals surface area contributed by atoms with E-state index < -0.39 is 0 Å². The normalized spacial score (nSPS) is 11.3. The van der Waals surface area contributed by atoms with Crippen molar-refractivity contribution in [3.63, 3.8) is 0 Å². The molecule has 0 aliphatic rings. The van der Waals surface area contributed by atoms with Crippen LogP contribution in [0.15, 0.2) is 24.3 Å². The summed E-state index contributed by atoms with van der Waals surface area (Å²) in [6.07, 6.45) is 0. The van der Waals surface area contributed by atoms with Crippen molar-refractivity contribution in [3.05, 3.63) is 35.4 Å². The molecule has 0 aliphatic carbocycles. The Bertz CT molecular complexity index is 277. The maximum atomic E-state index is 5.51. The summed E-state index contributed by atoms with van der Waals surface area (Å²) in [6.45, 7) is 7.09. The zero-order valence-electron chi connectivity index (χ0n) is 10.0. The van der Waals surface area contributed by atoms with E-state index >= 15 is 0 Å². The molecule has 0 aliphatic heterocycles. The molecule has 0 atom stereocenters. The van der Waals surface area contributed by atoms with Gasteiger partial charge >= 0.3 is 0 Å². The third kappa shape index (κ3) is 4.02. The first-order valence-corrected chi connectivity index (χ1v) is 5.61. The first-order chi connectivity index (χ1) is 7.13. The van der Waals surface area contributed by atoms with E-state index in [4.69, 9.17) is 5.73 Å². The van der Waals surface area contributed by atoms with Gasteiger partial charge in [-0.1, -0.05) is 38.1 Å². The maximum absolute atomic E-state index is 5.51. The lowest BCUT2D eigenvalue weighted by atomic mass is 10.0. The van der Waals surface area contributed by atoms with Crippen LogP contribution in [0.1, 0.15) is 30.9 Å². The zero-order valence-corrected chi connectivity index (χ0v) is 10.0. The topological polar surface area (TPSA) is 29.3 Å². The van der Waals surface area contributed by atoms with Gasteiger partial charge in [0.05, 0.1) is 0 Å². The van der Waals surface area contributed by atoms with E-state index in [1.165, 1.54) is 11.1 Å². The second kappa shape index (κ2) is 5.89. The van der Waals surface area contributed by atoms with E-state index in [0.29, 0.717) is 5.92 Å². The second-order valence-corrected chi connectivity index (χ2v) is 4.42. The molecular weight excluding hydrogens is 184 g/mol. The van der Waals surface area contributed by atoms with E-state index in [1.54, 1.807) is 0 Å². The molecule has 0 aromatic heterocycles. The molecule has 0 amide bonds. The standard InChI is InChI=1S/C13H22N2/c1-11(2)13-6-4-12(5-7-13)10-15(3)9-8-14/h4-7,11H,8-10,14H2,1-3H3. The first-order valence-electron chi connectivity index (χ1n) is 5.61. The van der Waals surface area contributed by atoms with Crippen molar-refractivity contribution >= 4 is 0 Å². The van der Waals surface area contributed by atoms with Crippen LogP contribution in [-0.2, 0) is 6.54 Å². The van der Waals surface area contributed by atoms with Crippen molar-refractivity contribution in [2.24, 2.45) is 5.73 Å². The highest BCUT2D eigenvalue weighted by Gasteiger charge is 2.01. The highest BCUT2D eigenvalue weighted by Crippen LogP contribution is 2.15. The summed E-state index contributed by atoms with van der Waals surface area (Å²) in [7, 11) is 2.10. The molecule has 1 rings (SSSR count). The minimum absolute atomic E-state index is 0.612. The molecule has 0 fully saturated rings. The van der Waals surface area contributed by atoms with Gasteiger partial charge in [0.15, 0.2) is 0 Å². The third-order valence-electron chi connectivity index (χ3n) is 2.61. The van der Waals surface area contributed by atoms with Gasteiger partial charge in [0, 0.05) is 19.6 Å². The molecule has 1 aromatic carbocycles. The summed E-state index contributed by atoms with van der Waals surface area (Å²) in [4.78, 5) is 2.24. The Kier molecular flexibility index (Phi) is 4.79. The van der Waals surface area contributed by atoms with Gasteiger partial charge in [-0.3, -0.25) is 0 Å². The second-order valence-electron chi connectivity index (χ2n) is 4.42. The highest BCUT2D eigenvalue weighted by atomic mass is 15.1. The van der Waals surface area contributed by atoms with Gasteiger partial charge in [-0.2, -0.15) is 0 Å². The molecule has 2 heteroatoms. The average molecular weight is 206 g/mol. The van der Waals surface area contributed by atoms with Crippen molar-refractivity contribution in [1.82, 2.24) is 4.90 Å². The van der Waals surface area contributed by atoms with E-state index in [2.05, 4.69) is 50.1 Å². The van der Waals surface area contributed by atoms with Crippen LogP contribution in [0.5, 0.6) is 0 Å². The summed E-state index contributed by atoms with van der Waals surface area (Å²) in [5.74, 6) is 0.612. The monoisotopic (exact) mass is 206 g/mol. The van der Waals surface area contributed by atoms with Gasteiger partial charge in [-0.25, -0.2) is 0 Å². The Morgan fingerprint density at radius 1 is 1.20 bits per heavy atom. The predicted octanol–water partition coefficient (Wildman–Crippen LogP) is 2.20. The first kappa shape index (κ1) is 12.2. The summed E-state index contributed by atoms with van der Waals surface area (Å²) >= 11 is 0. The molecule has 0 spiro atoms. The van der Waals surface area contributed by atoms with Crippen LogP contribution >= 0.6 is 0 Å². The number of rotatable bonds is 5. The van der Waals surface area contributed by atoms with E-state index in [9.17, 15) is 0 Å². The smallest absolute Gasteiger partial charge is 0.0231 e. The number of likely N-dealkylation sites (N-methyl/N-ethyl adjacent to an activating group) is 1. The van der Waals surface area contributed by atoms with Gasteiger partial charge in [-0.05, 0) is 24.1 Å². The largest absolute Gasteiger partial charge is 0.329 e. The Morgan fingerprint density at radius 3 is 2.27 bits per heavy atom. The van der Waals surface area contributed by atoms with Gasteiger partial charge in [0.25, 0.3) is 0 Å². The van der Waals surface area contributed by atoms with Crippen LogP contribution in [0.3, 0.4) is 0 Å². The van der Waals surface area contributed by atoms with Crippen LogP contribution in [0.2, 0.25) is 0 Å². The number of benzene rings is 1. The zero-order chi connectivity index (χ0) is 11.3. The van der Waals surface area contributed by atoms with Crippen molar-refractivity contribution in [2.45, 2.75) is 26.3 Å². The van der Waals surface area contributed by atoms with Crippen molar-refractivity contribution in [3.8, 4) is 0 Å². The summed E-state index contributed by atoms with van der Waals surface area (Å²) in [6, 6.07) is 8.86. The predicted molar refractivity (Wildman–Crippen MR) is 65.9 cm³/mol. The summed E-state index contributed by atoms with van der Waals surface area (Å²) in [5, 5.41) is 0. The van der Waals surface area contributed by atoms with Crippen molar-refractivity contribution < 1.29 is 0 Å². The number of hydrogen-bond donors (Lipinski definition) is 1.